The normalized spacial score (nSPS) is 15.1. The molecule has 1 saturated carbocycles. The second kappa shape index (κ2) is 4.80. The molecule has 1 aromatic carbocycles. The standard InChI is InChI=1S/C12H15FN2O3S/c1-8(16)14-11-7-9(13)3-6-12(11)15(10-4-5-10)19(2,17)18/h3,6-7,10H,4-5H2,1-2H3,(H,14,16). The molecular weight excluding hydrogens is 271 g/mol. The van der Waals surface area contributed by atoms with Gasteiger partial charge in [0.15, 0.2) is 0 Å². The van der Waals surface area contributed by atoms with E-state index in [0.717, 1.165) is 25.2 Å². The van der Waals surface area contributed by atoms with Crippen LogP contribution in [0.25, 0.3) is 0 Å². The van der Waals surface area contributed by atoms with Crippen molar-refractivity contribution in [2.75, 3.05) is 15.9 Å². The zero-order chi connectivity index (χ0) is 14.2. The zero-order valence-corrected chi connectivity index (χ0v) is 11.5. The van der Waals surface area contributed by atoms with Crippen molar-refractivity contribution < 1.29 is 17.6 Å². The summed E-state index contributed by atoms with van der Waals surface area (Å²) < 4.78 is 38.2. The lowest BCUT2D eigenvalue weighted by molar-refractivity contribution is -0.114. The van der Waals surface area contributed by atoms with Gasteiger partial charge in [0, 0.05) is 13.0 Å². The van der Waals surface area contributed by atoms with E-state index in [1.165, 1.54) is 23.4 Å². The van der Waals surface area contributed by atoms with E-state index < -0.39 is 15.8 Å². The lowest BCUT2D eigenvalue weighted by Gasteiger charge is -2.24. The van der Waals surface area contributed by atoms with Crippen LogP contribution in [0.1, 0.15) is 19.8 Å². The van der Waals surface area contributed by atoms with Gasteiger partial charge < -0.3 is 5.32 Å². The van der Waals surface area contributed by atoms with Crippen molar-refractivity contribution in [1.29, 1.82) is 0 Å². The number of nitrogens with one attached hydrogen (secondary N) is 1. The summed E-state index contributed by atoms with van der Waals surface area (Å²) >= 11 is 0. The highest BCUT2D eigenvalue weighted by Gasteiger charge is 2.36. The fourth-order valence-corrected chi connectivity index (χ4v) is 3.21. The number of carbonyl (C=O) groups excluding carboxylic acids is 1. The molecule has 0 spiro atoms. The van der Waals surface area contributed by atoms with Crippen LogP contribution in [0.2, 0.25) is 0 Å². The van der Waals surface area contributed by atoms with Crippen molar-refractivity contribution in [3.8, 4) is 0 Å². The van der Waals surface area contributed by atoms with E-state index in [9.17, 15) is 17.6 Å². The maximum Gasteiger partial charge on any atom is 0.232 e. The minimum atomic E-state index is -3.47. The van der Waals surface area contributed by atoms with Crippen molar-refractivity contribution >= 4 is 27.3 Å². The Balaban J connectivity index is 2.50. The summed E-state index contributed by atoms with van der Waals surface area (Å²) in [5.41, 5.74) is 0.478. The molecule has 0 saturated heterocycles. The van der Waals surface area contributed by atoms with Crippen molar-refractivity contribution in [1.82, 2.24) is 0 Å². The van der Waals surface area contributed by atoms with Crippen molar-refractivity contribution in [3.63, 3.8) is 0 Å². The third kappa shape index (κ3) is 3.23. The summed E-state index contributed by atoms with van der Waals surface area (Å²) in [6.45, 7) is 1.29. The van der Waals surface area contributed by atoms with E-state index in [1.807, 2.05) is 0 Å². The molecule has 5 nitrogen and oxygen atoms in total. The number of sulfonamides is 1. The number of benzene rings is 1. The molecule has 1 fully saturated rings. The smallest absolute Gasteiger partial charge is 0.232 e. The topological polar surface area (TPSA) is 66.5 Å². The molecule has 104 valence electrons. The first-order valence-electron chi connectivity index (χ1n) is 5.85. The van der Waals surface area contributed by atoms with Crippen LogP contribution in [0.4, 0.5) is 15.8 Å². The minimum absolute atomic E-state index is 0.104. The van der Waals surface area contributed by atoms with Crippen LogP contribution in [0.15, 0.2) is 18.2 Å². The SMILES string of the molecule is CC(=O)Nc1cc(F)ccc1N(C1CC1)S(C)(=O)=O. The molecule has 0 heterocycles. The molecule has 1 N–H and O–H groups in total. The Morgan fingerprint density at radius 2 is 2.05 bits per heavy atom. The highest BCUT2D eigenvalue weighted by atomic mass is 32.2. The van der Waals surface area contributed by atoms with E-state index in [2.05, 4.69) is 5.32 Å². The van der Waals surface area contributed by atoms with Crippen molar-refractivity contribution in [3.05, 3.63) is 24.0 Å². The number of nitrogens with zero attached hydrogens (tertiary/aromatic N) is 1. The Morgan fingerprint density at radius 1 is 1.42 bits per heavy atom. The van der Waals surface area contributed by atoms with Gasteiger partial charge in [0.25, 0.3) is 0 Å². The molecule has 19 heavy (non-hydrogen) atoms. The van der Waals surface area contributed by atoms with Crippen molar-refractivity contribution in [2.45, 2.75) is 25.8 Å². The summed E-state index contributed by atoms with van der Waals surface area (Å²) in [4.78, 5) is 11.1. The number of carbonyl (C=O) groups is 1. The highest BCUT2D eigenvalue weighted by Crippen LogP contribution is 2.38. The van der Waals surface area contributed by atoms with Gasteiger partial charge in [-0.15, -0.1) is 0 Å². The monoisotopic (exact) mass is 286 g/mol. The predicted octanol–water partition coefficient (Wildman–Crippen LogP) is 1.71. The van der Waals surface area contributed by atoms with Gasteiger partial charge in [-0.3, -0.25) is 9.10 Å². The van der Waals surface area contributed by atoms with E-state index in [0.29, 0.717) is 5.69 Å². The molecule has 0 unspecified atom stereocenters. The molecular formula is C12H15FN2O3S. The first kappa shape index (κ1) is 13.8. The number of halogens is 1. The van der Waals surface area contributed by atoms with Gasteiger partial charge >= 0.3 is 0 Å². The van der Waals surface area contributed by atoms with Gasteiger partial charge in [-0.25, -0.2) is 12.8 Å². The lowest BCUT2D eigenvalue weighted by Crippen LogP contribution is -2.32. The van der Waals surface area contributed by atoms with Crippen LogP contribution in [-0.2, 0) is 14.8 Å². The van der Waals surface area contributed by atoms with Gasteiger partial charge in [-0.2, -0.15) is 0 Å². The molecule has 0 atom stereocenters. The summed E-state index contributed by atoms with van der Waals surface area (Å²) in [6, 6.07) is 3.58. The number of rotatable bonds is 4. The van der Waals surface area contributed by atoms with Gasteiger partial charge in [-0.05, 0) is 31.0 Å². The quantitative estimate of drug-likeness (QED) is 0.916. The fraction of sp³-hybridized carbons (Fsp3) is 0.417. The van der Waals surface area contributed by atoms with Crippen LogP contribution >= 0.6 is 0 Å². The molecule has 1 aliphatic carbocycles. The first-order valence-corrected chi connectivity index (χ1v) is 7.70. The Bertz CT molecular complexity index is 611. The average Bonchev–Trinajstić information content (AvgIpc) is 3.03. The first-order chi connectivity index (χ1) is 8.79. The zero-order valence-electron chi connectivity index (χ0n) is 10.7. The van der Waals surface area contributed by atoms with Crippen LogP contribution in [-0.4, -0.2) is 26.6 Å². The predicted molar refractivity (Wildman–Crippen MR) is 71.0 cm³/mol. The maximum atomic E-state index is 13.3. The summed E-state index contributed by atoms with van der Waals surface area (Å²) in [5, 5.41) is 2.46. The molecule has 0 aromatic heterocycles. The van der Waals surface area contributed by atoms with E-state index >= 15 is 0 Å². The van der Waals surface area contributed by atoms with E-state index in [1.54, 1.807) is 0 Å². The Kier molecular flexibility index (Phi) is 3.49. The number of amides is 1. The third-order valence-electron chi connectivity index (χ3n) is 2.74. The largest absolute Gasteiger partial charge is 0.324 e. The van der Waals surface area contributed by atoms with E-state index in [4.69, 9.17) is 0 Å². The van der Waals surface area contributed by atoms with Crippen LogP contribution in [0.3, 0.4) is 0 Å². The molecule has 0 aliphatic heterocycles. The number of hydrogen-bond donors (Lipinski definition) is 1. The van der Waals surface area contributed by atoms with Crippen LogP contribution < -0.4 is 9.62 Å². The average molecular weight is 286 g/mol. The summed E-state index contributed by atoms with van der Waals surface area (Å²) in [6.07, 6.45) is 2.64. The third-order valence-corrected chi connectivity index (χ3v) is 3.95. The lowest BCUT2D eigenvalue weighted by atomic mass is 10.2. The van der Waals surface area contributed by atoms with Gasteiger partial charge in [0.05, 0.1) is 17.6 Å². The molecule has 2 rings (SSSR count). The van der Waals surface area contributed by atoms with Gasteiger partial charge in [0.2, 0.25) is 15.9 Å². The summed E-state index contributed by atoms with van der Waals surface area (Å²) in [5.74, 6) is -0.909. The summed E-state index contributed by atoms with van der Waals surface area (Å²) in [7, 11) is -3.47. The minimum Gasteiger partial charge on any atom is -0.324 e. The number of hydrogen-bond acceptors (Lipinski definition) is 3. The molecule has 0 radical (unpaired) electrons. The van der Waals surface area contributed by atoms with E-state index in [-0.39, 0.29) is 17.6 Å². The van der Waals surface area contributed by atoms with Crippen LogP contribution in [0.5, 0.6) is 0 Å². The Morgan fingerprint density at radius 3 is 2.53 bits per heavy atom. The molecule has 1 aromatic rings. The Labute approximate surface area is 111 Å². The van der Waals surface area contributed by atoms with Crippen LogP contribution in [0, 0.1) is 5.82 Å². The molecule has 1 amide bonds. The van der Waals surface area contributed by atoms with Gasteiger partial charge in [-0.1, -0.05) is 0 Å². The van der Waals surface area contributed by atoms with Crippen molar-refractivity contribution in [2.24, 2.45) is 0 Å². The second-order valence-electron chi connectivity index (χ2n) is 4.63. The molecule has 7 heteroatoms. The fourth-order valence-electron chi connectivity index (χ4n) is 1.95. The maximum absolute atomic E-state index is 13.3. The number of anilines is 2. The Hall–Kier alpha value is -1.63. The molecule has 1 aliphatic rings. The highest BCUT2D eigenvalue weighted by molar-refractivity contribution is 7.92. The van der Waals surface area contributed by atoms with Gasteiger partial charge in [0.1, 0.15) is 5.82 Å². The molecule has 0 bridgehead atoms. The second-order valence-corrected chi connectivity index (χ2v) is 6.49.